The molecule has 0 radical (unpaired) electrons. The molecule has 2 nitrogen and oxygen atoms in total. The van der Waals surface area contributed by atoms with Crippen molar-refractivity contribution in [1.82, 2.24) is 0 Å². The molecule has 0 aliphatic heterocycles. The maximum Gasteiger partial charge on any atom is 0.166 e. The Kier molecular flexibility index (Phi) is 3.83. The normalized spacial score (nSPS) is 12.6. The van der Waals surface area contributed by atoms with Gasteiger partial charge in [-0.25, -0.2) is 8.78 Å². The zero-order valence-corrected chi connectivity index (χ0v) is 9.14. The highest BCUT2D eigenvalue weighted by atomic mass is 79.9. The van der Waals surface area contributed by atoms with E-state index in [1.807, 2.05) is 0 Å². The van der Waals surface area contributed by atoms with Gasteiger partial charge in [-0.05, 0) is 12.1 Å². The summed E-state index contributed by atoms with van der Waals surface area (Å²) < 4.78 is 31.7. The predicted octanol–water partition coefficient (Wildman–Crippen LogP) is 2.57. The molecule has 0 fully saturated rings. The van der Waals surface area contributed by atoms with E-state index in [0.29, 0.717) is 4.47 Å². The van der Waals surface area contributed by atoms with Crippen LogP contribution in [0.15, 0.2) is 16.6 Å². The van der Waals surface area contributed by atoms with E-state index in [2.05, 4.69) is 15.9 Å². The minimum atomic E-state index is -1.42. The molecule has 0 amide bonds. The van der Waals surface area contributed by atoms with Crippen molar-refractivity contribution in [3.63, 3.8) is 0 Å². The summed E-state index contributed by atoms with van der Waals surface area (Å²) >= 11 is 3.07. The lowest BCUT2D eigenvalue weighted by molar-refractivity contribution is 0.322. The Bertz CT molecular complexity index is 333. The van der Waals surface area contributed by atoms with Crippen LogP contribution in [-0.2, 0) is 0 Å². The fraction of sp³-hybridized carbons (Fsp3) is 0.333. The van der Waals surface area contributed by atoms with E-state index < -0.39 is 12.0 Å². The van der Waals surface area contributed by atoms with Crippen LogP contribution in [0.5, 0.6) is 5.75 Å². The van der Waals surface area contributed by atoms with Gasteiger partial charge >= 0.3 is 0 Å². The van der Waals surface area contributed by atoms with Crippen molar-refractivity contribution in [1.29, 1.82) is 0 Å². The molecule has 0 aliphatic carbocycles. The third-order valence-electron chi connectivity index (χ3n) is 1.79. The van der Waals surface area contributed by atoms with Gasteiger partial charge in [0.15, 0.2) is 11.6 Å². The molecule has 1 rings (SSSR count). The van der Waals surface area contributed by atoms with Gasteiger partial charge in [-0.15, -0.1) is 0 Å². The van der Waals surface area contributed by atoms with Crippen molar-refractivity contribution in [3.8, 4) is 5.75 Å². The zero-order chi connectivity index (χ0) is 10.7. The van der Waals surface area contributed by atoms with Crippen LogP contribution >= 0.6 is 15.9 Å². The van der Waals surface area contributed by atoms with Gasteiger partial charge in [0.25, 0.3) is 0 Å². The van der Waals surface area contributed by atoms with Crippen LogP contribution in [0.1, 0.15) is 11.7 Å². The van der Waals surface area contributed by atoms with Gasteiger partial charge in [0.1, 0.15) is 6.17 Å². The molecule has 0 heterocycles. The van der Waals surface area contributed by atoms with Crippen LogP contribution in [0, 0.1) is 5.82 Å². The Hall–Kier alpha value is -0.680. The van der Waals surface area contributed by atoms with Gasteiger partial charge in [0.05, 0.1) is 7.11 Å². The maximum atomic E-state index is 13.3. The molecule has 1 unspecified atom stereocenters. The molecule has 1 aromatic carbocycles. The van der Waals surface area contributed by atoms with E-state index in [9.17, 15) is 8.78 Å². The second-order valence-corrected chi connectivity index (χ2v) is 3.63. The Morgan fingerprint density at radius 2 is 2.21 bits per heavy atom. The lowest BCUT2D eigenvalue weighted by atomic mass is 10.1. The number of halogens is 3. The summed E-state index contributed by atoms with van der Waals surface area (Å²) in [7, 11) is 1.29. The number of rotatable bonds is 3. The molecule has 5 heteroatoms. The third-order valence-corrected chi connectivity index (χ3v) is 2.24. The van der Waals surface area contributed by atoms with Crippen molar-refractivity contribution >= 4 is 15.9 Å². The summed E-state index contributed by atoms with van der Waals surface area (Å²) in [6, 6.07) is 2.67. The van der Waals surface area contributed by atoms with Crippen LogP contribution in [0.25, 0.3) is 0 Å². The van der Waals surface area contributed by atoms with Crippen molar-refractivity contribution in [3.05, 3.63) is 28.0 Å². The standard InChI is InChI=1S/C9H10BrF2NO/c1-14-9-6(8(12)4-13)2-5(10)3-7(9)11/h2-3,8H,4,13H2,1H3. The number of alkyl halides is 1. The molecule has 0 saturated carbocycles. The van der Waals surface area contributed by atoms with E-state index in [0.717, 1.165) is 0 Å². The van der Waals surface area contributed by atoms with Crippen molar-refractivity contribution in [2.24, 2.45) is 5.73 Å². The second-order valence-electron chi connectivity index (χ2n) is 2.71. The minimum absolute atomic E-state index is 0.0915. The van der Waals surface area contributed by atoms with Crippen LogP contribution < -0.4 is 10.5 Å². The average Bonchev–Trinajstić information content (AvgIpc) is 2.15. The molecule has 14 heavy (non-hydrogen) atoms. The van der Waals surface area contributed by atoms with E-state index >= 15 is 0 Å². The Labute approximate surface area is 89.2 Å². The Morgan fingerprint density at radius 1 is 1.57 bits per heavy atom. The van der Waals surface area contributed by atoms with Crippen LogP contribution in [0.3, 0.4) is 0 Å². The smallest absolute Gasteiger partial charge is 0.166 e. The first-order valence-electron chi connectivity index (χ1n) is 3.97. The maximum absolute atomic E-state index is 13.3. The summed E-state index contributed by atoms with van der Waals surface area (Å²) in [5.74, 6) is -0.695. The molecule has 1 atom stereocenters. The van der Waals surface area contributed by atoms with Crippen LogP contribution in [-0.4, -0.2) is 13.7 Å². The topological polar surface area (TPSA) is 35.2 Å². The lowest BCUT2D eigenvalue weighted by Crippen LogP contribution is -2.09. The van der Waals surface area contributed by atoms with Gasteiger partial charge in [-0.3, -0.25) is 0 Å². The van der Waals surface area contributed by atoms with Crippen molar-refractivity contribution in [2.45, 2.75) is 6.17 Å². The highest BCUT2D eigenvalue weighted by Crippen LogP contribution is 2.32. The SMILES string of the molecule is COc1c(F)cc(Br)cc1C(F)CN. The second kappa shape index (κ2) is 4.70. The van der Waals surface area contributed by atoms with Crippen molar-refractivity contribution < 1.29 is 13.5 Å². The predicted molar refractivity (Wildman–Crippen MR) is 53.6 cm³/mol. The first kappa shape index (κ1) is 11.4. The molecule has 0 saturated heterocycles. The number of hydrogen-bond donors (Lipinski definition) is 1. The highest BCUT2D eigenvalue weighted by Gasteiger charge is 2.18. The van der Waals surface area contributed by atoms with E-state index in [1.165, 1.54) is 19.2 Å². The third kappa shape index (κ3) is 2.22. The van der Waals surface area contributed by atoms with Crippen LogP contribution in [0.4, 0.5) is 8.78 Å². The summed E-state index contributed by atoms with van der Waals surface area (Å²) in [6.45, 7) is -0.202. The quantitative estimate of drug-likeness (QED) is 0.912. The molecule has 1 aromatic rings. The molecule has 0 aromatic heterocycles. The zero-order valence-electron chi connectivity index (χ0n) is 7.56. The molecular weight excluding hydrogens is 256 g/mol. The lowest BCUT2D eigenvalue weighted by Gasteiger charge is -2.12. The molecule has 0 spiro atoms. The number of benzene rings is 1. The van der Waals surface area contributed by atoms with Crippen LogP contribution in [0.2, 0.25) is 0 Å². The Balaban J connectivity index is 3.24. The van der Waals surface area contributed by atoms with E-state index in [4.69, 9.17) is 10.5 Å². The van der Waals surface area contributed by atoms with E-state index in [1.54, 1.807) is 0 Å². The van der Waals surface area contributed by atoms with Gasteiger partial charge < -0.3 is 10.5 Å². The summed E-state index contributed by atoms with van der Waals surface area (Å²) in [5.41, 5.74) is 5.29. The van der Waals surface area contributed by atoms with Gasteiger partial charge in [-0.1, -0.05) is 15.9 Å². The van der Waals surface area contributed by atoms with Gasteiger partial charge in [0.2, 0.25) is 0 Å². The minimum Gasteiger partial charge on any atom is -0.493 e. The van der Waals surface area contributed by atoms with Gasteiger partial charge in [-0.2, -0.15) is 0 Å². The Morgan fingerprint density at radius 3 is 2.71 bits per heavy atom. The average molecular weight is 266 g/mol. The number of nitrogens with two attached hydrogens (primary N) is 1. The van der Waals surface area contributed by atoms with E-state index in [-0.39, 0.29) is 17.9 Å². The number of methoxy groups -OCH3 is 1. The molecule has 0 bridgehead atoms. The fourth-order valence-corrected chi connectivity index (χ4v) is 1.60. The largest absolute Gasteiger partial charge is 0.493 e. The number of hydrogen-bond acceptors (Lipinski definition) is 2. The summed E-state index contributed by atoms with van der Waals surface area (Å²) in [5, 5.41) is 0. The highest BCUT2D eigenvalue weighted by molar-refractivity contribution is 9.10. The van der Waals surface area contributed by atoms with Crippen molar-refractivity contribution in [2.75, 3.05) is 13.7 Å². The monoisotopic (exact) mass is 265 g/mol. The molecular formula is C9H10BrF2NO. The first-order chi connectivity index (χ1) is 6.60. The molecule has 0 aliphatic rings. The summed E-state index contributed by atoms with van der Waals surface area (Å²) in [4.78, 5) is 0. The fourth-order valence-electron chi connectivity index (χ4n) is 1.16. The molecule has 78 valence electrons. The van der Waals surface area contributed by atoms with Gasteiger partial charge in [0, 0.05) is 16.6 Å². The summed E-state index contributed by atoms with van der Waals surface area (Å²) in [6.07, 6.45) is -1.42. The number of ether oxygens (including phenoxy) is 1. The molecule has 2 N–H and O–H groups in total. The first-order valence-corrected chi connectivity index (χ1v) is 4.76.